The van der Waals surface area contributed by atoms with Gasteiger partial charge in [0.1, 0.15) is 5.69 Å². The number of rotatable bonds is 1. The Hall–Kier alpha value is -1.67. The standard InChI is InChI=1S/C13H15F2N3/c1-8-7-18(3-2-12(8)17)13-10(14)4-9(6-16)5-11(13)15/h4-5,8,12H,2-3,7,17H2,1H3. The molecule has 0 saturated carbocycles. The first-order valence-electron chi connectivity index (χ1n) is 5.92. The monoisotopic (exact) mass is 251 g/mol. The fourth-order valence-electron chi connectivity index (χ4n) is 2.30. The van der Waals surface area contributed by atoms with Crippen LogP contribution in [0.15, 0.2) is 12.1 Å². The van der Waals surface area contributed by atoms with Gasteiger partial charge in [-0.1, -0.05) is 6.92 Å². The lowest BCUT2D eigenvalue weighted by molar-refractivity contribution is 0.377. The number of anilines is 1. The van der Waals surface area contributed by atoms with Crippen molar-refractivity contribution in [2.45, 2.75) is 19.4 Å². The Morgan fingerprint density at radius 3 is 2.50 bits per heavy atom. The second-order valence-corrected chi connectivity index (χ2v) is 4.78. The summed E-state index contributed by atoms with van der Waals surface area (Å²) < 4.78 is 27.7. The molecule has 5 heteroatoms. The molecule has 18 heavy (non-hydrogen) atoms. The predicted octanol–water partition coefficient (Wildman–Crippen LogP) is 2.01. The van der Waals surface area contributed by atoms with Crippen LogP contribution in [0.4, 0.5) is 14.5 Å². The normalized spacial score (nSPS) is 23.8. The van der Waals surface area contributed by atoms with Gasteiger partial charge in [-0.2, -0.15) is 5.26 Å². The van der Waals surface area contributed by atoms with E-state index in [1.807, 2.05) is 6.92 Å². The zero-order valence-electron chi connectivity index (χ0n) is 10.2. The van der Waals surface area contributed by atoms with Gasteiger partial charge in [0.25, 0.3) is 0 Å². The summed E-state index contributed by atoms with van der Waals surface area (Å²) in [6.45, 7) is 3.03. The Morgan fingerprint density at radius 2 is 2.00 bits per heavy atom. The molecular weight excluding hydrogens is 236 g/mol. The van der Waals surface area contributed by atoms with Gasteiger partial charge in [0, 0.05) is 19.1 Å². The molecule has 3 nitrogen and oxygen atoms in total. The molecule has 0 radical (unpaired) electrons. The second-order valence-electron chi connectivity index (χ2n) is 4.78. The van der Waals surface area contributed by atoms with Crippen LogP contribution in [-0.2, 0) is 0 Å². The maximum Gasteiger partial charge on any atom is 0.150 e. The van der Waals surface area contributed by atoms with Crippen molar-refractivity contribution in [1.29, 1.82) is 5.26 Å². The molecule has 1 aliphatic heterocycles. The molecule has 0 aliphatic carbocycles. The van der Waals surface area contributed by atoms with Crippen LogP contribution in [0.5, 0.6) is 0 Å². The molecule has 1 aromatic rings. The third-order valence-corrected chi connectivity index (χ3v) is 3.43. The number of hydrogen-bond acceptors (Lipinski definition) is 3. The van der Waals surface area contributed by atoms with Gasteiger partial charge in [0.2, 0.25) is 0 Å². The summed E-state index contributed by atoms with van der Waals surface area (Å²) in [6, 6.07) is 3.95. The van der Waals surface area contributed by atoms with E-state index < -0.39 is 11.6 Å². The lowest BCUT2D eigenvalue weighted by Crippen LogP contribution is -2.46. The van der Waals surface area contributed by atoms with Crippen LogP contribution in [0.1, 0.15) is 18.9 Å². The van der Waals surface area contributed by atoms with E-state index in [9.17, 15) is 8.78 Å². The molecule has 1 fully saturated rings. The van der Waals surface area contributed by atoms with Gasteiger partial charge >= 0.3 is 0 Å². The molecule has 1 aromatic carbocycles. The van der Waals surface area contributed by atoms with E-state index in [1.54, 1.807) is 11.0 Å². The van der Waals surface area contributed by atoms with E-state index in [1.165, 1.54) is 0 Å². The molecule has 0 bridgehead atoms. The van der Waals surface area contributed by atoms with Crippen LogP contribution < -0.4 is 10.6 Å². The van der Waals surface area contributed by atoms with Gasteiger partial charge in [-0.15, -0.1) is 0 Å². The maximum absolute atomic E-state index is 13.8. The highest BCUT2D eigenvalue weighted by molar-refractivity contribution is 5.53. The molecule has 0 spiro atoms. The van der Waals surface area contributed by atoms with E-state index in [2.05, 4.69) is 0 Å². The van der Waals surface area contributed by atoms with Gasteiger partial charge in [0.05, 0.1) is 11.6 Å². The molecule has 2 N–H and O–H groups in total. The van der Waals surface area contributed by atoms with Crippen molar-refractivity contribution in [3.8, 4) is 6.07 Å². The van der Waals surface area contributed by atoms with Gasteiger partial charge in [-0.3, -0.25) is 0 Å². The highest BCUT2D eigenvalue weighted by Gasteiger charge is 2.27. The van der Waals surface area contributed by atoms with Crippen molar-refractivity contribution in [1.82, 2.24) is 0 Å². The van der Waals surface area contributed by atoms with Crippen LogP contribution in [0.25, 0.3) is 0 Å². The van der Waals surface area contributed by atoms with Crippen molar-refractivity contribution in [2.75, 3.05) is 18.0 Å². The first-order valence-corrected chi connectivity index (χ1v) is 5.92. The average Bonchev–Trinajstić information content (AvgIpc) is 2.32. The Kier molecular flexibility index (Phi) is 3.48. The van der Waals surface area contributed by atoms with Crippen molar-refractivity contribution < 1.29 is 8.78 Å². The summed E-state index contributed by atoms with van der Waals surface area (Å²) in [7, 11) is 0. The average molecular weight is 251 g/mol. The molecule has 96 valence electrons. The number of piperidine rings is 1. The molecule has 0 amide bonds. The smallest absolute Gasteiger partial charge is 0.150 e. The summed E-state index contributed by atoms with van der Waals surface area (Å²) in [5.41, 5.74) is 5.83. The summed E-state index contributed by atoms with van der Waals surface area (Å²) in [5.74, 6) is -1.18. The minimum Gasteiger partial charge on any atom is -0.366 e. The zero-order chi connectivity index (χ0) is 13.3. The number of nitriles is 1. The predicted molar refractivity (Wildman–Crippen MR) is 65.0 cm³/mol. The van der Waals surface area contributed by atoms with Gasteiger partial charge in [-0.05, 0) is 24.5 Å². The highest BCUT2D eigenvalue weighted by Crippen LogP contribution is 2.28. The molecule has 0 aromatic heterocycles. The number of hydrogen-bond donors (Lipinski definition) is 1. The summed E-state index contributed by atoms with van der Waals surface area (Å²) in [4.78, 5) is 1.67. The van der Waals surface area contributed by atoms with Crippen molar-refractivity contribution in [3.05, 3.63) is 29.3 Å². The minimum absolute atomic E-state index is 0.00416. The SMILES string of the molecule is CC1CN(c2c(F)cc(C#N)cc2F)CCC1N. The van der Waals surface area contributed by atoms with E-state index in [0.29, 0.717) is 19.5 Å². The van der Waals surface area contributed by atoms with Crippen molar-refractivity contribution in [2.24, 2.45) is 11.7 Å². The minimum atomic E-state index is -0.686. The third-order valence-electron chi connectivity index (χ3n) is 3.43. The molecule has 2 rings (SSSR count). The molecule has 1 aliphatic rings. The van der Waals surface area contributed by atoms with Crippen LogP contribution in [0, 0.1) is 28.9 Å². The fourth-order valence-corrected chi connectivity index (χ4v) is 2.30. The van der Waals surface area contributed by atoms with Crippen molar-refractivity contribution >= 4 is 5.69 Å². The molecule has 1 heterocycles. The van der Waals surface area contributed by atoms with Gasteiger partial charge in [-0.25, -0.2) is 8.78 Å². The molecule has 1 saturated heterocycles. The van der Waals surface area contributed by atoms with Crippen molar-refractivity contribution in [3.63, 3.8) is 0 Å². The van der Waals surface area contributed by atoms with E-state index in [0.717, 1.165) is 12.1 Å². The molecule has 2 unspecified atom stereocenters. The highest BCUT2D eigenvalue weighted by atomic mass is 19.1. The van der Waals surface area contributed by atoms with Crippen LogP contribution in [0.2, 0.25) is 0 Å². The molecular formula is C13H15F2N3. The van der Waals surface area contributed by atoms with Crippen LogP contribution >= 0.6 is 0 Å². The third kappa shape index (κ3) is 2.29. The fraction of sp³-hybridized carbons (Fsp3) is 0.462. The first kappa shape index (κ1) is 12.8. The number of nitrogens with two attached hydrogens (primary N) is 1. The second kappa shape index (κ2) is 4.91. The quantitative estimate of drug-likeness (QED) is 0.830. The zero-order valence-corrected chi connectivity index (χ0v) is 10.2. The summed E-state index contributed by atoms with van der Waals surface area (Å²) in [5, 5.41) is 8.65. The summed E-state index contributed by atoms with van der Waals surface area (Å²) in [6.07, 6.45) is 0.708. The maximum atomic E-state index is 13.8. The Balaban J connectivity index is 2.32. The Bertz CT molecular complexity index is 472. The number of halogens is 2. The Morgan fingerprint density at radius 1 is 1.39 bits per heavy atom. The van der Waals surface area contributed by atoms with E-state index in [4.69, 9.17) is 11.0 Å². The van der Waals surface area contributed by atoms with Crippen LogP contribution in [0.3, 0.4) is 0 Å². The molecule has 2 atom stereocenters. The summed E-state index contributed by atoms with van der Waals surface area (Å²) >= 11 is 0. The lowest BCUT2D eigenvalue weighted by Gasteiger charge is -2.36. The van der Waals surface area contributed by atoms with E-state index in [-0.39, 0.29) is 23.2 Å². The lowest BCUT2D eigenvalue weighted by atomic mass is 9.94. The van der Waals surface area contributed by atoms with E-state index >= 15 is 0 Å². The topological polar surface area (TPSA) is 53.0 Å². The number of nitrogens with zero attached hydrogens (tertiary/aromatic N) is 2. The Labute approximate surface area is 105 Å². The van der Waals surface area contributed by atoms with Gasteiger partial charge in [0.15, 0.2) is 11.6 Å². The van der Waals surface area contributed by atoms with Crippen LogP contribution in [-0.4, -0.2) is 19.1 Å². The first-order chi connectivity index (χ1) is 8.52. The number of benzene rings is 1. The largest absolute Gasteiger partial charge is 0.366 e. The van der Waals surface area contributed by atoms with Gasteiger partial charge < -0.3 is 10.6 Å².